The largest absolute Gasteiger partial charge is 0.394 e. The number of nitro groups is 1. The van der Waals surface area contributed by atoms with Gasteiger partial charge in [0, 0.05) is 18.2 Å². The van der Waals surface area contributed by atoms with Gasteiger partial charge in [0.25, 0.3) is 11.6 Å². The highest BCUT2D eigenvalue weighted by atomic mass is 16.6. The fourth-order valence-electron chi connectivity index (χ4n) is 1.65. The van der Waals surface area contributed by atoms with Crippen LogP contribution in [-0.4, -0.2) is 46.3 Å². The maximum Gasteiger partial charge on any atom is 0.292 e. The van der Waals surface area contributed by atoms with Gasteiger partial charge in [-0.3, -0.25) is 14.9 Å². The summed E-state index contributed by atoms with van der Waals surface area (Å²) in [5, 5.41) is 34.9. The van der Waals surface area contributed by atoms with E-state index in [0.29, 0.717) is 6.54 Å². The molecule has 0 heterocycles. The number of amides is 1. The predicted octanol–water partition coefficient (Wildman–Crippen LogP) is 0.500. The molecule has 1 aromatic carbocycles. The van der Waals surface area contributed by atoms with E-state index in [1.807, 2.05) is 0 Å². The summed E-state index contributed by atoms with van der Waals surface area (Å²) in [7, 11) is 0. The normalized spacial score (nSPS) is 11.0. The molecule has 0 radical (unpaired) electrons. The van der Waals surface area contributed by atoms with Crippen LogP contribution in [0.3, 0.4) is 0 Å². The van der Waals surface area contributed by atoms with Crippen molar-refractivity contribution in [1.82, 2.24) is 5.32 Å². The van der Waals surface area contributed by atoms with Gasteiger partial charge in [-0.1, -0.05) is 0 Å². The summed E-state index contributed by atoms with van der Waals surface area (Å²) in [4.78, 5) is 22.2. The number of aliphatic hydroxyl groups is 2. The molecular weight excluding hydrogens is 278 g/mol. The van der Waals surface area contributed by atoms with Crippen molar-refractivity contribution < 1.29 is 19.9 Å². The summed E-state index contributed by atoms with van der Waals surface area (Å²) in [6, 6.07) is 3.89. The SMILES string of the molecule is CCNC(=O)c1ccc([N+](=O)[O-])c(NC(C)(CO)CO)c1. The summed E-state index contributed by atoms with van der Waals surface area (Å²) in [6.45, 7) is 2.86. The maximum atomic E-state index is 11.8. The van der Waals surface area contributed by atoms with Crippen LogP contribution >= 0.6 is 0 Å². The Morgan fingerprint density at radius 3 is 2.48 bits per heavy atom. The molecule has 8 nitrogen and oxygen atoms in total. The molecule has 1 amide bonds. The van der Waals surface area contributed by atoms with Crippen LogP contribution in [0.1, 0.15) is 24.2 Å². The second-order valence-electron chi connectivity index (χ2n) is 4.85. The Kier molecular flexibility index (Phi) is 5.62. The number of nitrogens with one attached hydrogen (secondary N) is 2. The minimum atomic E-state index is -1.13. The molecule has 116 valence electrons. The number of benzene rings is 1. The molecule has 21 heavy (non-hydrogen) atoms. The summed E-state index contributed by atoms with van der Waals surface area (Å²) >= 11 is 0. The van der Waals surface area contributed by atoms with E-state index in [4.69, 9.17) is 0 Å². The summed E-state index contributed by atoms with van der Waals surface area (Å²) in [5.41, 5.74) is -1.06. The van der Waals surface area contributed by atoms with E-state index < -0.39 is 23.7 Å². The number of hydrogen-bond acceptors (Lipinski definition) is 6. The predicted molar refractivity (Wildman–Crippen MR) is 77.3 cm³/mol. The molecule has 0 saturated heterocycles. The van der Waals surface area contributed by atoms with Crippen LogP contribution in [0.25, 0.3) is 0 Å². The van der Waals surface area contributed by atoms with Crippen LogP contribution in [0, 0.1) is 10.1 Å². The zero-order chi connectivity index (χ0) is 16.0. The molecule has 1 aromatic rings. The van der Waals surface area contributed by atoms with E-state index in [2.05, 4.69) is 10.6 Å². The Morgan fingerprint density at radius 2 is 2.00 bits per heavy atom. The fraction of sp³-hybridized carbons (Fsp3) is 0.462. The summed E-state index contributed by atoms with van der Waals surface area (Å²) < 4.78 is 0. The second kappa shape index (κ2) is 7.00. The third kappa shape index (κ3) is 4.14. The number of carbonyl (C=O) groups is 1. The Labute approximate surface area is 121 Å². The summed E-state index contributed by atoms with van der Waals surface area (Å²) in [6.07, 6.45) is 0. The number of carbonyl (C=O) groups excluding carboxylic acids is 1. The highest BCUT2D eigenvalue weighted by Crippen LogP contribution is 2.28. The lowest BCUT2D eigenvalue weighted by Crippen LogP contribution is -2.42. The van der Waals surface area contributed by atoms with E-state index >= 15 is 0 Å². The molecule has 0 aliphatic rings. The Bertz CT molecular complexity index is 529. The number of rotatable bonds is 7. The van der Waals surface area contributed by atoms with Gasteiger partial charge in [-0.05, 0) is 26.0 Å². The first-order chi connectivity index (χ1) is 9.86. The average Bonchev–Trinajstić information content (AvgIpc) is 2.47. The van der Waals surface area contributed by atoms with Crippen molar-refractivity contribution >= 4 is 17.3 Å². The molecule has 0 unspecified atom stereocenters. The first kappa shape index (κ1) is 16.9. The van der Waals surface area contributed by atoms with Crippen LogP contribution in [0.5, 0.6) is 0 Å². The van der Waals surface area contributed by atoms with E-state index in [-0.39, 0.29) is 22.8 Å². The molecule has 4 N–H and O–H groups in total. The highest BCUT2D eigenvalue weighted by Gasteiger charge is 2.26. The molecule has 0 saturated carbocycles. The van der Waals surface area contributed by atoms with Crippen molar-refractivity contribution in [1.29, 1.82) is 0 Å². The standard InChI is InChI=1S/C13H19N3O5/c1-3-14-12(19)9-4-5-11(16(20)21)10(6-9)15-13(2,7-17)8-18/h4-6,15,17-18H,3,7-8H2,1-2H3,(H,14,19). The van der Waals surface area contributed by atoms with Crippen molar-refractivity contribution in [3.8, 4) is 0 Å². The molecule has 0 aliphatic carbocycles. The van der Waals surface area contributed by atoms with Gasteiger partial charge >= 0.3 is 0 Å². The lowest BCUT2D eigenvalue weighted by Gasteiger charge is -2.27. The van der Waals surface area contributed by atoms with Crippen molar-refractivity contribution in [3.63, 3.8) is 0 Å². The van der Waals surface area contributed by atoms with Crippen LogP contribution in [-0.2, 0) is 0 Å². The quantitative estimate of drug-likeness (QED) is 0.429. The molecule has 0 spiro atoms. The van der Waals surface area contributed by atoms with Gasteiger partial charge in [0.1, 0.15) is 5.69 Å². The highest BCUT2D eigenvalue weighted by molar-refractivity contribution is 5.95. The Balaban J connectivity index is 3.21. The fourth-order valence-corrected chi connectivity index (χ4v) is 1.65. The monoisotopic (exact) mass is 297 g/mol. The molecule has 0 aliphatic heterocycles. The number of hydrogen-bond donors (Lipinski definition) is 4. The summed E-state index contributed by atoms with van der Waals surface area (Å²) in [5.74, 6) is -0.356. The Morgan fingerprint density at radius 1 is 1.38 bits per heavy atom. The van der Waals surface area contributed by atoms with Crippen LogP contribution in [0.2, 0.25) is 0 Å². The lowest BCUT2D eigenvalue weighted by molar-refractivity contribution is -0.384. The molecule has 1 rings (SSSR count). The van der Waals surface area contributed by atoms with Crippen molar-refractivity contribution in [2.45, 2.75) is 19.4 Å². The van der Waals surface area contributed by atoms with Gasteiger partial charge in [0.05, 0.1) is 23.7 Å². The van der Waals surface area contributed by atoms with Crippen LogP contribution in [0.4, 0.5) is 11.4 Å². The van der Waals surface area contributed by atoms with E-state index in [1.165, 1.54) is 25.1 Å². The van der Waals surface area contributed by atoms with Gasteiger partial charge in [-0.15, -0.1) is 0 Å². The molecule has 8 heteroatoms. The number of nitrogens with zero attached hydrogens (tertiary/aromatic N) is 1. The average molecular weight is 297 g/mol. The van der Waals surface area contributed by atoms with E-state index in [9.17, 15) is 25.1 Å². The van der Waals surface area contributed by atoms with Crippen molar-refractivity contribution in [2.75, 3.05) is 25.1 Å². The minimum Gasteiger partial charge on any atom is -0.394 e. The van der Waals surface area contributed by atoms with E-state index in [1.54, 1.807) is 6.92 Å². The molecule has 0 atom stereocenters. The zero-order valence-electron chi connectivity index (χ0n) is 11.9. The molecular formula is C13H19N3O5. The van der Waals surface area contributed by atoms with Crippen LogP contribution in [0.15, 0.2) is 18.2 Å². The third-order valence-electron chi connectivity index (χ3n) is 2.93. The molecule has 0 fully saturated rings. The second-order valence-corrected chi connectivity index (χ2v) is 4.85. The maximum absolute atomic E-state index is 11.8. The topological polar surface area (TPSA) is 125 Å². The minimum absolute atomic E-state index is 0.0642. The zero-order valence-corrected chi connectivity index (χ0v) is 11.9. The smallest absolute Gasteiger partial charge is 0.292 e. The van der Waals surface area contributed by atoms with Crippen molar-refractivity contribution in [3.05, 3.63) is 33.9 Å². The third-order valence-corrected chi connectivity index (χ3v) is 2.93. The number of aliphatic hydroxyl groups excluding tert-OH is 2. The van der Waals surface area contributed by atoms with Crippen molar-refractivity contribution in [2.24, 2.45) is 0 Å². The van der Waals surface area contributed by atoms with Gasteiger partial charge in [0.15, 0.2) is 0 Å². The van der Waals surface area contributed by atoms with Gasteiger partial charge in [0.2, 0.25) is 0 Å². The number of nitro benzene ring substituents is 1. The first-order valence-corrected chi connectivity index (χ1v) is 6.43. The number of anilines is 1. The van der Waals surface area contributed by atoms with Crippen LogP contribution < -0.4 is 10.6 Å². The van der Waals surface area contributed by atoms with Gasteiger partial charge in [-0.2, -0.15) is 0 Å². The molecule has 0 bridgehead atoms. The first-order valence-electron chi connectivity index (χ1n) is 6.43. The lowest BCUT2D eigenvalue weighted by atomic mass is 10.0. The van der Waals surface area contributed by atoms with E-state index in [0.717, 1.165) is 0 Å². The van der Waals surface area contributed by atoms with Gasteiger partial charge in [-0.25, -0.2) is 0 Å². The molecule has 0 aromatic heterocycles. The van der Waals surface area contributed by atoms with Gasteiger partial charge < -0.3 is 20.8 Å². The Hall–Kier alpha value is -2.19.